The maximum absolute atomic E-state index is 14.6. The lowest BCUT2D eigenvalue weighted by molar-refractivity contribution is -0.149. The molecule has 1 aromatic rings. The summed E-state index contributed by atoms with van der Waals surface area (Å²) in [6.07, 6.45) is 4.76. The standard InChI is InChI=1S/C43H62N8O8/c1-5-27(4)36-39(55)46-30(24-28-13-7-6-8-14-28)41(57)51-22-12-17-33(51)42(58)48-19-9-15-31(48)37(53)44-25-35(52)45-29(23-26(2)3)40(56)50-21-11-18-34(50)43(59)49-20-10-16-32(49)38(54)47-36/h6-8,13-14,26-27,29-34,36H,5,9-12,15-25H2,1-4H3,(H,44,53)(H,45,52)(H,46,55)(H,47,54)/t27-,29-,30-,31+,32+,33+,34+,36-/m0/s1. The van der Waals surface area contributed by atoms with Crippen molar-refractivity contribution in [2.45, 2.75) is 141 Å². The number of carbonyl (C=O) groups excluding carboxylic acids is 8. The Kier molecular flexibility index (Phi) is 14.3. The van der Waals surface area contributed by atoms with Gasteiger partial charge in [-0.3, -0.25) is 38.4 Å². The number of nitrogens with zero attached hydrogens (tertiary/aromatic N) is 4. The zero-order valence-corrected chi connectivity index (χ0v) is 35.0. The van der Waals surface area contributed by atoms with Crippen LogP contribution in [0.25, 0.3) is 0 Å². The molecule has 5 heterocycles. The van der Waals surface area contributed by atoms with Crippen LogP contribution in [0, 0.1) is 11.8 Å². The molecule has 0 aromatic heterocycles. The number of nitrogens with one attached hydrogen (secondary N) is 4. The number of hydrogen-bond acceptors (Lipinski definition) is 8. The second-order valence-corrected chi connectivity index (χ2v) is 17.3. The lowest BCUT2D eigenvalue weighted by atomic mass is 9.96. The van der Waals surface area contributed by atoms with Gasteiger partial charge in [-0.05, 0) is 75.2 Å². The Labute approximate surface area is 346 Å². The lowest BCUT2D eigenvalue weighted by Crippen LogP contribution is -2.61. The normalized spacial score (nSPS) is 29.9. The van der Waals surface area contributed by atoms with E-state index in [9.17, 15) is 38.4 Å². The van der Waals surface area contributed by atoms with E-state index in [1.807, 2.05) is 58.0 Å². The Morgan fingerprint density at radius 3 is 1.59 bits per heavy atom. The maximum atomic E-state index is 14.6. The first kappa shape index (κ1) is 43.6. The van der Waals surface area contributed by atoms with Crippen molar-refractivity contribution in [3.8, 4) is 0 Å². The van der Waals surface area contributed by atoms with Crippen molar-refractivity contribution in [1.82, 2.24) is 40.9 Å². The lowest BCUT2D eigenvalue weighted by Gasteiger charge is -2.35. The molecule has 59 heavy (non-hydrogen) atoms. The van der Waals surface area contributed by atoms with Gasteiger partial charge in [0.25, 0.3) is 0 Å². The Hall–Kier alpha value is -5.02. The van der Waals surface area contributed by atoms with Gasteiger partial charge >= 0.3 is 0 Å². The van der Waals surface area contributed by atoms with E-state index in [4.69, 9.17) is 0 Å². The summed E-state index contributed by atoms with van der Waals surface area (Å²) >= 11 is 0. The van der Waals surface area contributed by atoms with E-state index in [2.05, 4.69) is 21.3 Å². The zero-order valence-electron chi connectivity index (χ0n) is 35.0. The van der Waals surface area contributed by atoms with Gasteiger partial charge in [0.2, 0.25) is 47.3 Å². The highest BCUT2D eigenvalue weighted by atomic mass is 16.2. The average molecular weight is 819 g/mol. The van der Waals surface area contributed by atoms with Crippen LogP contribution < -0.4 is 21.3 Å². The van der Waals surface area contributed by atoms with Gasteiger partial charge in [-0.1, -0.05) is 64.4 Å². The van der Waals surface area contributed by atoms with Crippen molar-refractivity contribution < 1.29 is 38.4 Å². The van der Waals surface area contributed by atoms with E-state index >= 15 is 0 Å². The largest absolute Gasteiger partial charge is 0.345 e. The van der Waals surface area contributed by atoms with E-state index in [0.717, 1.165) is 5.56 Å². The third-order valence-electron chi connectivity index (χ3n) is 12.8. The number of carbonyl (C=O) groups is 8. The van der Waals surface area contributed by atoms with Gasteiger partial charge in [0.05, 0.1) is 6.54 Å². The minimum atomic E-state index is -1.07. The molecule has 5 aliphatic heterocycles. The fourth-order valence-electron chi connectivity index (χ4n) is 9.45. The summed E-state index contributed by atoms with van der Waals surface area (Å²) in [4.78, 5) is 119. The number of hydrogen-bond donors (Lipinski definition) is 4. The van der Waals surface area contributed by atoms with Crippen LogP contribution in [-0.2, 0) is 44.8 Å². The first-order valence-electron chi connectivity index (χ1n) is 21.7. The molecule has 4 N–H and O–H groups in total. The molecule has 6 rings (SSSR count). The van der Waals surface area contributed by atoms with Crippen LogP contribution in [0.4, 0.5) is 0 Å². The Bertz CT molecular complexity index is 1760. The molecule has 322 valence electrons. The van der Waals surface area contributed by atoms with E-state index in [1.165, 1.54) is 19.6 Å². The van der Waals surface area contributed by atoms with Crippen LogP contribution in [0.2, 0.25) is 0 Å². The van der Waals surface area contributed by atoms with Gasteiger partial charge in [-0.2, -0.15) is 0 Å². The summed E-state index contributed by atoms with van der Waals surface area (Å²) in [5, 5.41) is 11.4. The molecule has 8 atom stereocenters. The van der Waals surface area contributed by atoms with Crippen LogP contribution in [-0.4, -0.2) is 142 Å². The molecule has 0 bridgehead atoms. The molecule has 0 unspecified atom stereocenters. The fraction of sp³-hybridized carbons (Fsp3) is 0.674. The summed E-state index contributed by atoms with van der Waals surface area (Å²) in [6, 6.07) is 2.79. The minimum Gasteiger partial charge on any atom is -0.345 e. The Balaban J connectivity index is 1.34. The van der Waals surface area contributed by atoms with Crippen molar-refractivity contribution in [3.05, 3.63) is 35.9 Å². The summed E-state index contributed by atoms with van der Waals surface area (Å²) in [5.74, 6) is -3.97. The average Bonchev–Trinajstić information content (AvgIpc) is 4.07. The first-order chi connectivity index (χ1) is 28.3. The van der Waals surface area contributed by atoms with E-state index in [0.29, 0.717) is 83.8 Å². The molecule has 16 heteroatoms. The molecule has 0 saturated carbocycles. The molecular formula is C43H62N8O8. The van der Waals surface area contributed by atoms with Gasteiger partial charge in [-0.25, -0.2) is 0 Å². The maximum Gasteiger partial charge on any atom is 0.246 e. The molecule has 16 nitrogen and oxygen atoms in total. The SMILES string of the molecule is CC[C@H](C)[C@@H]1NC(=O)[C@H]2CCCN2C(=O)[C@H]2CCCN2C(=O)[C@H](CC(C)C)NC(=O)CNC(=O)[C@H]2CCCN2C(=O)[C@H]2CCCN2C(=O)[C@H](Cc2ccccc2)NC1=O. The number of amides is 8. The topological polar surface area (TPSA) is 198 Å². The van der Waals surface area contributed by atoms with Crippen molar-refractivity contribution in [2.75, 3.05) is 32.7 Å². The minimum absolute atomic E-state index is 0.0125. The quantitative estimate of drug-likeness (QED) is 0.325. The highest BCUT2D eigenvalue weighted by Crippen LogP contribution is 2.28. The van der Waals surface area contributed by atoms with Gasteiger partial charge < -0.3 is 40.9 Å². The van der Waals surface area contributed by atoms with Gasteiger partial charge in [0, 0.05) is 32.6 Å². The van der Waals surface area contributed by atoms with Crippen molar-refractivity contribution >= 4 is 47.3 Å². The van der Waals surface area contributed by atoms with Gasteiger partial charge in [0.1, 0.15) is 42.3 Å². The van der Waals surface area contributed by atoms with Gasteiger partial charge in [0.15, 0.2) is 0 Å². The highest BCUT2D eigenvalue weighted by Gasteiger charge is 2.46. The second-order valence-electron chi connectivity index (χ2n) is 17.3. The van der Waals surface area contributed by atoms with Gasteiger partial charge in [-0.15, -0.1) is 0 Å². The molecule has 8 amide bonds. The summed E-state index contributed by atoms with van der Waals surface area (Å²) in [5.41, 5.74) is 0.792. The molecule has 5 aliphatic rings. The summed E-state index contributed by atoms with van der Waals surface area (Å²) in [7, 11) is 0. The summed E-state index contributed by atoms with van der Waals surface area (Å²) < 4.78 is 0. The zero-order chi connectivity index (χ0) is 42.4. The predicted molar refractivity (Wildman–Crippen MR) is 217 cm³/mol. The van der Waals surface area contributed by atoms with Crippen LogP contribution in [0.3, 0.4) is 0 Å². The third-order valence-corrected chi connectivity index (χ3v) is 12.8. The molecule has 0 spiro atoms. The summed E-state index contributed by atoms with van der Waals surface area (Å²) in [6.45, 7) is 8.39. The second kappa shape index (κ2) is 19.4. The smallest absolute Gasteiger partial charge is 0.246 e. The van der Waals surface area contributed by atoms with Crippen molar-refractivity contribution in [1.29, 1.82) is 0 Å². The predicted octanol–water partition coefficient (Wildman–Crippen LogP) is 0.870. The first-order valence-corrected chi connectivity index (χ1v) is 21.7. The Morgan fingerprint density at radius 1 is 0.576 bits per heavy atom. The Morgan fingerprint density at radius 2 is 1.07 bits per heavy atom. The van der Waals surface area contributed by atoms with E-state index in [-0.39, 0.29) is 36.6 Å². The van der Waals surface area contributed by atoms with Crippen molar-refractivity contribution in [3.63, 3.8) is 0 Å². The van der Waals surface area contributed by atoms with E-state index in [1.54, 1.807) is 0 Å². The molecule has 1 aromatic carbocycles. The molecular weight excluding hydrogens is 757 g/mol. The third kappa shape index (κ3) is 9.89. The number of benzene rings is 1. The molecule has 0 aliphatic carbocycles. The van der Waals surface area contributed by atoms with Crippen LogP contribution in [0.5, 0.6) is 0 Å². The number of fused-ring (bicyclic) bond motifs is 4. The molecule has 5 saturated heterocycles. The molecule has 5 fully saturated rings. The van der Waals surface area contributed by atoms with Crippen LogP contribution >= 0.6 is 0 Å². The number of rotatable bonds is 6. The van der Waals surface area contributed by atoms with Crippen LogP contribution in [0.15, 0.2) is 30.3 Å². The fourth-order valence-corrected chi connectivity index (χ4v) is 9.45. The van der Waals surface area contributed by atoms with Crippen molar-refractivity contribution in [2.24, 2.45) is 11.8 Å². The van der Waals surface area contributed by atoms with E-state index < -0.39 is 84.3 Å². The highest BCUT2D eigenvalue weighted by molar-refractivity contribution is 5.99. The monoisotopic (exact) mass is 818 g/mol. The van der Waals surface area contributed by atoms with Crippen LogP contribution in [0.1, 0.15) is 97.5 Å². The molecule has 0 radical (unpaired) electrons.